The maximum Gasteiger partial charge on any atom is 0.334 e. The van der Waals surface area contributed by atoms with Crippen molar-refractivity contribution < 1.29 is 49.4 Å². The van der Waals surface area contributed by atoms with E-state index in [1.165, 1.54) is 6.08 Å². The maximum absolute atomic E-state index is 15.0. The number of ketones is 1. The van der Waals surface area contributed by atoms with Gasteiger partial charge in [0, 0.05) is 60.0 Å². The Morgan fingerprint density at radius 1 is 0.967 bits per heavy atom. The predicted molar refractivity (Wildman–Crippen MR) is 223 cm³/mol. The Balaban J connectivity index is 1.34. The highest BCUT2D eigenvalue weighted by Crippen LogP contribution is 2.52. The summed E-state index contributed by atoms with van der Waals surface area (Å²) >= 11 is 0. The predicted octanol–water partition coefficient (Wildman–Crippen LogP) is 5.49. The Morgan fingerprint density at radius 2 is 1.75 bits per heavy atom. The first-order chi connectivity index (χ1) is 28.8. The summed E-state index contributed by atoms with van der Waals surface area (Å²) in [6.07, 6.45) is 1.80. The number of hydrogen-bond donors (Lipinski definition) is 6. The lowest BCUT2D eigenvalue weighted by Crippen LogP contribution is -2.59. The first-order valence-corrected chi connectivity index (χ1v) is 21.5. The van der Waals surface area contributed by atoms with Crippen LogP contribution in [0.3, 0.4) is 0 Å². The van der Waals surface area contributed by atoms with E-state index in [1.807, 2.05) is 37.3 Å². The summed E-state index contributed by atoms with van der Waals surface area (Å²) in [5, 5.41) is 60.4. The molecule has 3 aromatic rings. The number of aromatic hydroxyl groups is 1. The molecule has 0 amide bonds. The van der Waals surface area contributed by atoms with E-state index in [9.17, 15) is 39.9 Å². The number of phenolic OH excluding ortho intramolecular Hbond substituents is 1. The second-order valence-corrected chi connectivity index (χ2v) is 17.6. The van der Waals surface area contributed by atoms with Crippen LogP contribution in [0.2, 0.25) is 0 Å². The van der Waals surface area contributed by atoms with E-state index >= 15 is 0 Å². The minimum absolute atomic E-state index is 0.0332. The molecule has 316 valence electrons. The molecule has 6 N–H and O–H groups in total. The van der Waals surface area contributed by atoms with Crippen LogP contribution < -0.4 is 10.1 Å². The number of esters is 2. The van der Waals surface area contributed by atoms with Crippen molar-refractivity contribution in [2.45, 2.75) is 127 Å². The number of aliphatic hydroxyl groups excluding tert-OH is 3. The second kappa shape index (κ2) is 17.2. The summed E-state index contributed by atoms with van der Waals surface area (Å²) in [4.78, 5) is 41.9. The average molecular weight is 818 g/mol. The van der Waals surface area contributed by atoms with Gasteiger partial charge in [-0.25, -0.2) is 4.79 Å². The van der Waals surface area contributed by atoms with E-state index in [0.29, 0.717) is 65.6 Å². The zero-order valence-electron chi connectivity index (χ0n) is 34.3. The molecule has 0 radical (unpaired) electrons. The van der Waals surface area contributed by atoms with Crippen LogP contribution in [0.4, 0.5) is 5.69 Å². The third-order valence-electron chi connectivity index (χ3n) is 13.5. The number of phenols is 1. The van der Waals surface area contributed by atoms with Gasteiger partial charge in [0.25, 0.3) is 0 Å². The summed E-state index contributed by atoms with van der Waals surface area (Å²) in [6, 6.07) is 15.0. The molecular formula is C49H55NO10. The number of Topliss-reactive ketones (excluding diaryl/α,β-unsaturated/α-hetero) is 1. The van der Waals surface area contributed by atoms with E-state index in [0.717, 1.165) is 17.5 Å². The molecule has 0 spiro atoms. The Bertz CT molecular complexity index is 2270. The summed E-state index contributed by atoms with van der Waals surface area (Å²) < 4.78 is 12.4. The highest BCUT2D eigenvalue weighted by molar-refractivity contribution is 5.89. The largest absolute Gasteiger partial charge is 0.507 e. The SMILES string of the molecule is CCc1c(O)c2cc3c1OC(=O)CC3C#CC(c1cc(CO)cc(NCC(C)O)c1)CC1=CC(O)Cc3cccc(c3)CC3C(=O)CCC4C3CCCC4(O)C(C2)OC1=O. The minimum Gasteiger partial charge on any atom is -0.507 e. The lowest BCUT2D eigenvalue weighted by Gasteiger charge is -2.52. The number of benzene rings is 3. The molecule has 11 heteroatoms. The number of rotatable bonds is 6. The van der Waals surface area contributed by atoms with Crippen molar-refractivity contribution in [2.24, 2.45) is 17.8 Å². The standard InChI is InChI=1S/C49H55NO10/c1-3-38-46(56)34-22-40-32(24-45(55)60-47(38)40)10-9-31(33-15-30(26-51)16-36(20-33)50-25-27(2)52)19-35-21-37(53)17-28-6-4-7-29(14-28)18-41-39-8-5-13-49(58,42(39)11-12-43(41)54)44(23-34)59-48(35)57/h4,6-7,14-16,20-22,27,31-32,37,39,41-42,44,50-53,56,58H,3,5,8,11-13,17-19,23-26H2,1-2H3. The molecule has 0 aromatic heterocycles. The highest BCUT2D eigenvalue weighted by atomic mass is 16.6. The van der Waals surface area contributed by atoms with Crippen LogP contribution in [-0.2, 0) is 51.4 Å². The monoisotopic (exact) mass is 817 g/mol. The van der Waals surface area contributed by atoms with Gasteiger partial charge in [-0.1, -0.05) is 55.5 Å². The number of fused-ring (bicyclic) bond motifs is 7. The van der Waals surface area contributed by atoms with Crippen molar-refractivity contribution in [3.63, 3.8) is 0 Å². The van der Waals surface area contributed by atoms with Crippen molar-refractivity contribution in [1.29, 1.82) is 0 Å². The van der Waals surface area contributed by atoms with Crippen molar-refractivity contribution in [3.05, 3.63) is 99.1 Å². The van der Waals surface area contributed by atoms with E-state index < -0.39 is 47.7 Å². The molecule has 9 unspecified atom stereocenters. The third-order valence-corrected chi connectivity index (χ3v) is 13.5. The Labute approximate surface area is 350 Å². The second-order valence-electron chi connectivity index (χ2n) is 17.6. The fourth-order valence-corrected chi connectivity index (χ4v) is 10.6. The van der Waals surface area contributed by atoms with E-state index in [2.05, 4.69) is 17.2 Å². The first-order valence-electron chi connectivity index (χ1n) is 21.5. The molecule has 10 bridgehead atoms. The third kappa shape index (κ3) is 8.35. The molecule has 2 fully saturated rings. The average Bonchev–Trinajstić information content (AvgIpc) is 3.22. The van der Waals surface area contributed by atoms with Gasteiger partial charge in [-0.15, -0.1) is 0 Å². The van der Waals surface area contributed by atoms with Crippen LogP contribution in [-0.4, -0.2) is 73.7 Å². The molecule has 3 heterocycles. The molecule has 3 aliphatic heterocycles. The minimum atomic E-state index is -1.57. The van der Waals surface area contributed by atoms with Crippen molar-refractivity contribution in [2.75, 3.05) is 11.9 Å². The van der Waals surface area contributed by atoms with Gasteiger partial charge in [-0.3, -0.25) is 9.59 Å². The Hall–Kier alpha value is -4.99. The molecule has 60 heavy (non-hydrogen) atoms. The fraction of sp³-hybridized carbons (Fsp3) is 0.490. The smallest absolute Gasteiger partial charge is 0.334 e. The van der Waals surface area contributed by atoms with E-state index in [1.54, 1.807) is 25.1 Å². The Morgan fingerprint density at radius 3 is 2.52 bits per heavy atom. The van der Waals surface area contributed by atoms with Crippen LogP contribution in [0.25, 0.3) is 0 Å². The molecule has 8 rings (SSSR count). The molecule has 2 saturated carbocycles. The quantitative estimate of drug-likeness (QED) is 0.105. The number of aliphatic hydroxyl groups is 4. The number of carbonyl (C=O) groups excluding carboxylic acids is 3. The van der Waals surface area contributed by atoms with Gasteiger partial charge in [-0.05, 0) is 109 Å². The fourth-order valence-electron chi connectivity index (χ4n) is 10.6. The molecule has 0 saturated heterocycles. The molecule has 9 atom stereocenters. The van der Waals surface area contributed by atoms with Gasteiger partial charge >= 0.3 is 11.9 Å². The Kier molecular flexibility index (Phi) is 11.9. The molecule has 11 nitrogen and oxygen atoms in total. The van der Waals surface area contributed by atoms with E-state index in [4.69, 9.17) is 9.47 Å². The van der Waals surface area contributed by atoms with Crippen LogP contribution in [0, 0.1) is 29.6 Å². The zero-order chi connectivity index (χ0) is 42.3. The molecule has 2 aliphatic carbocycles. The molecule has 5 aliphatic rings. The first kappa shape index (κ1) is 41.7. The molecule has 3 aromatic carbocycles. The number of carbonyl (C=O) groups is 3. The van der Waals surface area contributed by atoms with Crippen LogP contribution >= 0.6 is 0 Å². The van der Waals surface area contributed by atoms with Gasteiger partial charge < -0.3 is 40.3 Å². The summed E-state index contributed by atoms with van der Waals surface area (Å²) in [5.41, 5.74) is 3.67. The number of hydrogen-bond acceptors (Lipinski definition) is 11. The highest BCUT2D eigenvalue weighted by Gasteiger charge is 2.55. The van der Waals surface area contributed by atoms with Crippen molar-refractivity contribution in [3.8, 4) is 23.3 Å². The van der Waals surface area contributed by atoms with E-state index in [-0.39, 0.29) is 85.9 Å². The molecular weight excluding hydrogens is 763 g/mol. The lowest BCUT2D eigenvalue weighted by molar-refractivity contribution is -0.191. The lowest BCUT2D eigenvalue weighted by atomic mass is 9.56. The van der Waals surface area contributed by atoms with Gasteiger partial charge in [0.15, 0.2) is 0 Å². The van der Waals surface area contributed by atoms with Gasteiger partial charge in [-0.2, -0.15) is 0 Å². The normalized spacial score (nSPS) is 29.4. The van der Waals surface area contributed by atoms with Crippen LogP contribution in [0.1, 0.15) is 110 Å². The topological polar surface area (TPSA) is 183 Å². The number of anilines is 1. The summed E-state index contributed by atoms with van der Waals surface area (Å²) in [6.45, 7) is 3.46. The van der Waals surface area contributed by atoms with Crippen LogP contribution in [0.15, 0.2) is 60.2 Å². The van der Waals surface area contributed by atoms with Crippen molar-refractivity contribution in [1.82, 2.24) is 0 Å². The maximum atomic E-state index is 15.0. The number of nitrogens with one attached hydrogen (secondary N) is 1. The van der Waals surface area contributed by atoms with Crippen molar-refractivity contribution >= 4 is 23.4 Å². The van der Waals surface area contributed by atoms with Crippen LogP contribution in [0.5, 0.6) is 11.5 Å². The van der Waals surface area contributed by atoms with Gasteiger partial charge in [0.2, 0.25) is 0 Å². The number of ether oxygens (including phenoxy) is 2. The van der Waals surface area contributed by atoms with Gasteiger partial charge in [0.05, 0.1) is 31.2 Å². The zero-order valence-corrected chi connectivity index (χ0v) is 34.3. The summed E-state index contributed by atoms with van der Waals surface area (Å²) in [7, 11) is 0. The van der Waals surface area contributed by atoms with Gasteiger partial charge in [0.1, 0.15) is 29.0 Å². The summed E-state index contributed by atoms with van der Waals surface area (Å²) in [5.74, 6) is 3.55.